The molecular formula is C21H30N6O2. The summed E-state index contributed by atoms with van der Waals surface area (Å²) in [5.41, 5.74) is 7.45. The van der Waals surface area contributed by atoms with E-state index in [4.69, 9.17) is 10.1 Å². The van der Waals surface area contributed by atoms with Gasteiger partial charge in [-0.1, -0.05) is 6.92 Å². The van der Waals surface area contributed by atoms with Gasteiger partial charge in [0.2, 0.25) is 12.3 Å². The van der Waals surface area contributed by atoms with Gasteiger partial charge in [-0.25, -0.2) is 4.98 Å². The lowest BCUT2D eigenvalue weighted by atomic mass is 9.82. The second-order valence-corrected chi connectivity index (χ2v) is 7.34. The van der Waals surface area contributed by atoms with Crippen LogP contribution in [0.2, 0.25) is 0 Å². The van der Waals surface area contributed by atoms with Crippen LogP contribution in [-0.2, 0) is 16.0 Å². The number of carbonyl (C=O) groups is 2. The number of piperidine rings is 1. The van der Waals surface area contributed by atoms with E-state index in [0.717, 1.165) is 43.7 Å². The predicted molar refractivity (Wildman–Crippen MR) is 113 cm³/mol. The number of fused-ring (bicyclic) bond motifs is 1. The van der Waals surface area contributed by atoms with E-state index in [2.05, 4.69) is 40.1 Å². The number of aromatic nitrogens is 2. The van der Waals surface area contributed by atoms with Crippen LogP contribution in [0.4, 0.5) is 5.69 Å². The zero-order valence-electron chi connectivity index (χ0n) is 17.1. The number of anilines is 1. The van der Waals surface area contributed by atoms with Gasteiger partial charge in [-0.3, -0.25) is 9.59 Å². The number of aryl methyl sites for hydroxylation is 1. The Hall–Kier alpha value is -3.08. The lowest BCUT2D eigenvalue weighted by molar-refractivity contribution is -0.133. The molecule has 8 heteroatoms. The third-order valence-electron chi connectivity index (χ3n) is 5.65. The largest absolute Gasteiger partial charge is 0.387 e. The fourth-order valence-electron chi connectivity index (χ4n) is 3.95. The van der Waals surface area contributed by atoms with Crippen LogP contribution in [0.15, 0.2) is 18.5 Å². The minimum atomic E-state index is 0.122. The fourth-order valence-corrected chi connectivity index (χ4v) is 3.95. The highest BCUT2D eigenvalue weighted by atomic mass is 16.2. The molecule has 1 aliphatic heterocycles. The molecule has 2 aromatic heterocycles. The number of hydrogen-bond donors (Lipinski definition) is 3. The van der Waals surface area contributed by atoms with E-state index in [1.807, 2.05) is 24.3 Å². The molecule has 29 heavy (non-hydrogen) atoms. The number of H-pyrrole nitrogens is 1. The second kappa shape index (κ2) is 11.1. The van der Waals surface area contributed by atoms with E-state index < -0.39 is 0 Å². The number of rotatable bonds is 6. The number of nitrogens with zero attached hydrogens (tertiary/aromatic N) is 3. The Kier molecular flexibility index (Phi) is 8.46. The average molecular weight is 399 g/mol. The number of likely N-dealkylation sites (tertiary alicyclic amines) is 1. The van der Waals surface area contributed by atoms with Gasteiger partial charge in [-0.15, -0.1) is 0 Å². The summed E-state index contributed by atoms with van der Waals surface area (Å²) >= 11 is 0. The molecule has 2 amide bonds. The second-order valence-electron chi connectivity index (χ2n) is 7.34. The number of primary amides is 1. The first kappa shape index (κ1) is 22.2. The minimum absolute atomic E-state index is 0.122. The zero-order valence-corrected chi connectivity index (χ0v) is 17.1. The molecular weight excluding hydrogens is 368 g/mol. The average Bonchev–Trinajstić information content (AvgIpc) is 3.20. The van der Waals surface area contributed by atoms with Gasteiger partial charge in [-0.2, -0.15) is 5.26 Å². The van der Waals surface area contributed by atoms with Crippen molar-refractivity contribution >= 4 is 29.0 Å². The summed E-state index contributed by atoms with van der Waals surface area (Å²) in [5.74, 6) is 1.22. The Balaban J connectivity index is 0.000000941. The van der Waals surface area contributed by atoms with E-state index in [9.17, 15) is 4.79 Å². The quantitative estimate of drug-likeness (QED) is 0.644. The van der Waals surface area contributed by atoms with E-state index in [-0.39, 0.29) is 12.3 Å². The van der Waals surface area contributed by atoms with Crippen LogP contribution >= 0.6 is 0 Å². The van der Waals surface area contributed by atoms with E-state index in [0.29, 0.717) is 24.7 Å². The molecule has 0 bridgehead atoms. The summed E-state index contributed by atoms with van der Waals surface area (Å²) < 4.78 is 0. The number of aromatic amines is 1. The molecule has 0 radical (unpaired) electrons. The Morgan fingerprint density at radius 2 is 2.31 bits per heavy atom. The molecule has 8 nitrogen and oxygen atoms in total. The van der Waals surface area contributed by atoms with Crippen LogP contribution < -0.4 is 11.1 Å². The Morgan fingerprint density at radius 3 is 3.00 bits per heavy atom. The van der Waals surface area contributed by atoms with Crippen molar-refractivity contribution in [2.24, 2.45) is 17.6 Å². The van der Waals surface area contributed by atoms with Crippen LogP contribution in [0.25, 0.3) is 11.0 Å². The normalized spacial score (nSPS) is 18.4. The SMILES string of the molecule is CNc1cnc2[nH]ccc2c1CCC1CN(C(=O)CCC#N)CCC1C.NC=O. The summed E-state index contributed by atoms with van der Waals surface area (Å²) in [5, 5.41) is 13.1. The molecule has 2 aromatic rings. The molecule has 1 fully saturated rings. The highest BCUT2D eigenvalue weighted by Gasteiger charge is 2.28. The third-order valence-corrected chi connectivity index (χ3v) is 5.65. The molecule has 3 heterocycles. The zero-order chi connectivity index (χ0) is 21.2. The smallest absolute Gasteiger partial charge is 0.223 e. The van der Waals surface area contributed by atoms with Gasteiger partial charge in [-0.05, 0) is 42.7 Å². The maximum atomic E-state index is 12.3. The Bertz CT molecular complexity index is 856. The lowest BCUT2D eigenvalue weighted by Gasteiger charge is -2.37. The van der Waals surface area contributed by atoms with Crippen LogP contribution in [0.5, 0.6) is 0 Å². The van der Waals surface area contributed by atoms with Crippen molar-refractivity contribution in [2.45, 2.75) is 39.0 Å². The van der Waals surface area contributed by atoms with E-state index in [1.165, 1.54) is 10.9 Å². The van der Waals surface area contributed by atoms with Crippen molar-refractivity contribution in [1.29, 1.82) is 5.26 Å². The highest BCUT2D eigenvalue weighted by molar-refractivity contribution is 5.84. The molecule has 1 saturated heterocycles. The first-order valence-electron chi connectivity index (χ1n) is 9.98. The molecule has 3 rings (SSSR count). The molecule has 0 saturated carbocycles. The monoisotopic (exact) mass is 398 g/mol. The van der Waals surface area contributed by atoms with E-state index >= 15 is 0 Å². The van der Waals surface area contributed by atoms with Gasteiger partial charge >= 0.3 is 0 Å². The van der Waals surface area contributed by atoms with Crippen molar-refractivity contribution in [3.05, 3.63) is 24.0 Å². The van der Waals surface area contributed by atoms with Crippen molar-refractivity contribution in [3.63, 3.8) is 0 Å². The number of nitriles is 1. The summed E-state index contributed by atoms with van der Waals surface area (Å²) in [7, 11) is 1.93. The molecule has 2 unspecified atom stereocenters. The third kappa shape index (κ3) is 5.70. The van der Waals surface area contributed by atoms with Crippen molar-refractivity contribution < 1.29 is 9.59 Å². The van der Waals surface area contributed by atoms with Gasteiger partial charge in [0.05, 0.1) is 18.0 Å². The van der Waals surface area contributed by atoms with Crippen molar-refractivity contribution in [2.75, 3.05) is 25.5 Å². The lowest BCUT2D eigenvalue weighted by Crippen LogP contribution is -2.43. The number of amides is 2. The Morgan fingerprint density at radius 1 is 1.55 bits per heavy atom. The highest BCUT2D eigenvalue weighted by Crippen LogP contribution is 2.31. The van der Waals surface area contributed by atoms with Gasteiger partial charge < -0.3 is 20.9 Å². The first-order chi connectivity index (χ1) is 14.0. The summed E-state index contributed by atoms with van der Waals surface area (Å²) in [4.78, 5) is 30.4. The van der Waals surface area contributed by atoms with E-state index in [1.54, 1.807) is 0 Å². The molecule has 0 aliphatic carbocycles. The predicted octanol–water partition coefficient (Wildman–Crippen LogP) is 2.43. The molecule has 156 valence electrons. The minimum Gasteiger partial charge on any atom is -0.387 e. The summed E-state index contributed by atoms with van der Waals surface area (Å²) in [6.45, 7) is 3.92. The van der Waals surface area contributed by atoms with Gasteiger partial charge in [0, 0.05) is 44.6 Å². The standard InChI is InChI=1S/C20H27N5O.CH3NO/c1-14-8-11-25(19(26)4-3-9-21)13-15(14)5-6-16-17-7-10-23-20(17)24-12-18(16)22-2;2-1-3/h7,10,12,14-15,22H,3-6,8,11,13H2,1-2H3,(H,23,24);1H,(H2,2,3). The van der Waals surface area contributed by atoms with Crippen molar-refractivity contribution in [1.82, 2.24) is 14.9 Å². The molecule has 0 aromatic carbocycles. The number of nitrogens with one attached hydrogen (secondary N) is 2. The maximum Gasteiger partial charge on any atom is 0.223 e. The van der Waals surface area contributed by atoms with Gasteiger partial charge in [0.15, 0.2) is 0 Å². The van der Waals surface area contributed by atoms with Crippen LogP contribution in [0.3, 0.4) is 0 Å². The Labute approximate surface area is 171 Å². The van der Waals surface area contributed by atoms with Gasteiger partial charge in [0.1, 0.15) is 5.65 Å². The first-order valence-corrected chi connectivity index (χ1v) is 9.98. The number of pyridine rings is 1. The van der Waals surface area contributed by atoms with Crippen LogP contribution in [0.1, 0.15) is 38.2 Å². The molecule has 2 atom stereocenters. The van der Waals surface area contributed by atoms with Gasteiger partial charge in [0.25, 0.3) is 0 Å². The number of carbonyl (C=O) groups excluding carboxylic acids is 2. The molecule has 4 N–H and O–H groups in total. The molecule has 1 aliphatic rings. The summed E-state index contributed by atoms with van der Waals surface area (Å²) in [6.07, 6.45) is 7.76. The van der Waals surface area contributed by atoms with Crippen LogP contribution in [-0.4, -0.2) is 47.3 Å². The summed E-state index contributed by atoms with van der Waals surface area (Å²) in [6, 6.07) is 4.15. The maximum absolute atomic E-state index is 12.3. The fraction of sp³-hybridized carbons (Fsp3) is 0.524. The number of hydrogen-bond acceptors (Lipinski definition) is 5. The van der Waals surface area contributed by atoms with Crippen LogP contribution in [0, 0.1) is 23.2 Å². The van der Waals surface area contributed by atoms with Crippen molar-refractivity contribution in [3.8, 4) is 6.07 Å². The topological polar surface area (TPSA) is 128 Å². The number of nitrogens with two attached hydrogens (primary N) is 1. The molecule has 0 spiro atoms.